The van der Waals surface area contributed by atoms with Crippen LogP contribution in [0.2, 0.25) is 0 Å². The van der Waals surface area contributed by atoms with Crippen LogP contribution in [0.1, 0.15) is 25.3 Å². The molecule has 0 saturated heterocycles. The molecule has 0 saturated carbocycles. The maximum Gasteiger partial charge on any atom is 0.291 e. The van der Waals surface area contributed by atoms with Crippen molar-refractivity contribution < 1.29 is 4.79 Å². The number of fused-ring (bicyclic) bond motifs is 2. The Morgan fingerprint density at radius 3 is 2.88 bits per heavy atom. The molecular formula is C16H13BrN4O2S. The second-order valence-electron chi connectivity index (χ2n) is 5.54. The molecule has 0 unspecified atom stereocenters. The van der Waals surface area contributed by atoms with Gasteiger partial charge in [-0.2, -0.15) is 9.61 Å². The zero-order chi connectivity index (χ0) is 16.8. The predicted molar refractivity (Wildman–Crippen MR) is 96.3 cm³/mol. The minimum Gasteiger partial charge on any atom is -0.308 e. The molecule has 4 rings (SSSR count). The lowest BCUT2D eigenvalue weighted by atomic mass is 10.1. The summed E-state index contributed by atoms with van der Waals surface area (Å²) < 4.78 is 2.51. The van der Waals surface area contributed by atoms with Gasteiger partial charge in [-0.1, -0.05) is 40.6 Å². The molecule has 2 aromatic heterocycles. The number of hydrogen-bond donors (Lipinski definition) is 0. The van der Waals surface area contributed by atoms with Gasteiger partial charge in [0.15, 0.2) is 0 Å². The first-order chi connectivity index (χ1) is 11.6. The molecule has 6 nitrogen and oxygen atoms in total. The van der Waals surface area contributed by atoms with Crippen LogP contribution in [0.3, 0.4) is 0 Å². The van der Waals surface area contributed by atoms with E-state index in [9.17, 15) is 9.59 Å². The average molecular weight is 405 g/mol. The van der Waals surface area contributed by atoms with Crippen molar-refractivity contribution in [2.75, 3.05) is 11.4 Å². The average Bonchev–Trinajstić information content (AvgIpc) is 3.20. The summed E-state index contributed by atoms with van der Waals surface area (Å²) in [5.41, 5.74) is 1.79. The molecule has 3 heterocycles. The maximum absolute atomic E-state index is 13.0. The van der Waals surface area contributed by atoms with Crippen LogP contribution in [0.15, 0.2) is 33.8 Å². The first kappa shape index (κ1) is 15.5. The van der Waals surface area contributed by atoms with E-state index in [0.29, 0.717) is 21.6 Å². The second kappa shape index (κ2) is 5.78. The van der Waals surface area contributed by atoms with Gasteiger partial charge in [0, 0.05) is 16.6 Å². The number of hydrogen-bond acceptors (Lipinski definition) is 5. The standard InChI is InChI=1S/C16H13BrN4O2S/c1-2-3-6-20-11-5-4-9(17)7-10(11)12(14(20)22)13-15(23)21-16(24-13)18-8-19-21/h4-5,7-8H,2-3,6H2,1H3/b13-12-. The van der Waals surface area contributed by atoms with Crippen LogP contribution < -0.4 is 15.0 Å². The lowest BCUT2D eigenvalue weighted by Crippen LogP contribution is -2.32. The zero-order valence-electron chi connectivity index (χ0n) is 12.8. The molecule has 122 valence electrons. The summed E-state index contributed by atoms with van der Waals surface area (Å²) in [4.78, 5) is 31.9. The molecule has 0 radical (unpaired) electrons. The van der Waals surface area contributed by atoms with Gasteiger partial charge in [-0.3, -0.25) is 9.59 Å². The van der Waals surface area contributed by atoms with Gasteiger partial charge in [0.2, 0.25) is 4.96 Å². The van der Waals surface area contributed by atoms with Crippen molar-refractivity contribution in [1.29, 1.82) is 0 Å². The third-order valence-electron chi connectivity index (χ3n) is 4.04. The Hall–Kier alpha value is -2.06. The largest absolute Gasteiger partial charge is 0.308 e. The van der Waals surface area contributed by atoms with Gasteiger partial charge in [-0.05, 0) is 24.6 Å². The third-order valence-corrected chi connectivity index (χ3v) is 5.57. The molecule has 1 aromatic carbocycles. The van der Waals surface area contributed by atoms with Gasteiger partial charge < -0.3 is 4.90 Å². The first-order valence-electron chi connectivity index (χ1n) is 7.60. The Kier molecular flexibility index (Phi) is 3.73. The van der Waals surface area contributed by atoms with Gasteiger partial charge in [0.25, 0.3) is 11.5 Å². The highest BCUT2D eigenvalue weighted by molar-refractivity contribution is 9.10. The summed E-state index contributed by atoms with van der Waals surface area (Å²) in [5.74, 6) is -0.127. The molecule has 1 aliphatic heterocycles. The molecule has 0 aliphatic carbocycles. The SMILES string of the molecule is CCCCN1C(=O)/C(=c2\sc3ncnn3c2=O)c2cc(Br)ccc21. The van der Waals surface area contributed by atoms with E-state index in [1.165, 1.54) is 22.2 Å². The number of anilines is 1. The second-order valence-corrected chi connectivity index (χ2v) is 7.43. The van der Waals surface area contributed by atoms with Crippen LogP contribution in [0.25, 0.3) is 10.5 Å². The van der Waals surface area contributed by atoms with Crippen molar-refractivity contribution in [3.63, 3.8) is 0 Å². The highest BCUT2D eigenvalue weighted by atomic mass is 79.9. The fourth-order valence-corrected chi connectivity index (χ4v) is 4.22. The number of thiazole rings is 1. The number of rotatable bonds is 3. The quantitative estimate of drug-likeness (QED) is 0.669. The normalized spacial score (nSPS) is 16.2. The summed E-state index contributed by atoms with van der Waals surface area (Å²) in [6.45, 7) is 2.73. The Balaban J connectivity index is 2.02. The maximum atomic E-state index is 13.0. The number of unbranched alkanes of at least 4 members (excludes halogenated alkanes) is 1. The highest BCUT2D eigenvalue weighted by Gasteiger charge is 2.34. The van der Waals surface area contributed by atoms with E-state index in [2.05, 4.69) is 32.9 Å². The lowest BCUT2D eigenvalue weighted by Gasteiger charge is -2.16. The van der Waals surface area contributed by atoms with E-state index >= 15 is 0 Å². The minimum absolute atomic E-state index is 0.127. The Labute approximate surface area is 149 Å². The van der Waals surface area contributed by atoms with Crippen LogP contribution in [0.4, 0.5) is 5.69 Å². The van der Waals surface area contributed by atoms with Crippen LogP contribution in [-0.4, -0.2) is 27.0 Å². The molecular weight excluding hydrogens is 392 g/mol. The first-order valence-corrected chi connectivity index (χ1v) is 9.21. The van der Waals surface area contributed by atoms with Gasteiger partial charge in [-0.15, -0.1) is 0 Å². The Bertz CT molecular complexity index is 1070. The monoisotopic (exact) mass is 404 g/mol. The number of nitrogens with zero attached hydrogens (tertiary/aromatic N) is 4. The van der Waals surface area contributed by atoms with Crippen molar-refractivity contribution in [3.05, 3.63) is 49.4 Å². The molecule has 0 bridgehead atoms. The van der Waals surface area contributed by atoms with E-state index in [4.69, 9.17) is 0 Å². The number of halogens is 1. The molecule has 0 fully saturated rings. The smallest absolute Gasteiger partial charge is 0.291 e. The topological polar surface area (TPSA) is 67.6 Å². The summed E-state index contributed by atoms with van der Waals surface area (Å²) in [5, 5.41) is 3.93. The molecule has 1 amide bonds. The van der Waals surface area contributed by atoms with Crippen LogP contribution in [-0.2, 0) is 4.79 Å². The van der Waals surface area contributed by atoms with Crippen molar-refractivity contribution in [2.45, 2.75) is 19.8 Å². The number of carbonyl (C=O) groups excluding carboxylic acids is 1. The fraction of sp³-hybridized carbons (Fsp3) is 0.250. The fourth-order valence-electron chi connectivity index (χ4n) is 2.89. The van der Waals surface area contributed by atoms with Crippen molar-refractivity contribution >= 4 is 49.4 Å². The number of carbonyl (C=O) groups is 1. The Morgan fingerprint density at radius 2 is 2.12 bits per heavy atom. The summed E-state index contributed by atoms with van der Waals surface area (Å²) in [6, 6.07) is 5.72. The van der Waals surface area contributed by atoms with E-state index in [0.717, 1.165) is 28.6 Å². The predicted octanol–water partition coefficient (Wildman–Crippen LogP) is 1.98. The molecule has 24 heavy (non-hydrogen) atoms. The summed E-state index contributed by atoms with van der Waals surface area (Å²) in [6.07, 6.45) is 3.25. The van der Waals surface area contributed by atoms with Gasteiger partial charge >= 0.3 is 0 Å². The lowest BCUT2D eigenvalue weighted by molar-refractivity contribution is -0.113. The molecule has 0 atom stereocenters. The molecule has 8 heteroatoms. The minimum atomic E-state index is -0.292. The van der Waals surface area contributed by atoms with Crippen molar-refractivity contribution in [1.82, 2.24) is 14.6 Å². The Morgan fingerprint density at radius 1 is 1.29 bits per heavy atom. The van der Waals surface area contributed by atoms with Crippen LogP contribution in [0.5, 0.6) is 0 Å². The molecule has 1 aliphatic rings. The van der Waals surface area contributed by atoms with Crippen LogP contribution >= 0.6 is 27.3 Å². The number of amides is 1. The highest BCUT2D eigenvalue weighted by Crippen LogP contribution is 2.37. The summed E-state index contributed by atoms with van der Waals surface area (Å²) in [7, 11) is 0. The molecule has 3 aromatic rings. The van der Waals surface area contributed by atoms with Crippen LogP contribution in [0, 0.1) is 0 Å². The molecule has 0 N–H and O–H groups in total. The van der Waals surface area contributed by atoms with E-state index in [1.54, 1.807) is 4.90 Å². The van der Waals surface area contributed by atoms with E-state index in [1.807, 2.05) is 18.2 Å². The third kappa shape index (κ3) is 2.21. The molecule has 0 spiro atoms. The van der Waals surface area contributed by atoms with E-state index in [-0.39, 0.29) is 11.5 Å². The number of benzene rings is 1. The van der Waals surface area contributed by atoms with Gasteiger partial charge in [-0.25, -0.2) is 4.98 Å². The number of aromatic nitrogens is 3. The zero-order valence-corrected chi connectivity index (χ0v) is 15.2. The van der Waals surface area contributed by atoms with Gasteiger partial charge in [0.1, 0.15) is 10.9 Å². The van der Waals surface area contributed by atoms with E-state index < -0.39 is 0 Å². The van der Waals surface area contributed by atoms with Crippen molar-refractivity contribution in [2.24, 2.45) is 0 Å². The van der Waals surface area contributed by atoms with Gasteiger partial charge in [0.05, 0.1) is 11.3 Å². The summed E-state index contributed by atoms with van der Waals surface area (Å²) >= 11 is 4.66. The van der Waals surface area contributed by atoms with Crippen molar-refractivity contribution in [3.8, 4) is 0 Å².